The fourth-order valence-corrected chi connectivity index (χ4v) is 2.79. The Kier molecular flexibility index (Phi) is 6.98. The minimum Gasteiger partial charge on any atom is -0.398 e. The van der Waals surface area contributed by atoms with Gasteiger partial charge >= 0.3 is 0 Å². The summed E-state index contributed by atoms with van der Waals surface area (Å²) in [6.45, 7) is 5.36. The lowest BCUT2D eigenvalue weighted by atomic mass is 10.1. The van der Waals surface area contributed by atoms with Crippen LogP contribution in [0.2, 0.25) is 0 Å². The van der Waals surface area contributed by atoms with E-state index in [1.165, 1.54) is 6.07 Å². The van der Waals surface area contributed by atoms with Crippen LogP contribution in [-0.2, 0) is 21.2 Å². The van der Waals surface area contributed by atoms with Crippen LogP contribution < -0.4 is 10.5 Å². The van der Waals surface area contributed by atoms with Crippen LogP contribution in [0.15, 0.2) is 23.1 Å². The first-order chi connectivity index (χ1) is 9.51. The molecule has 0 atom stereocenters. The molecule has 114 valence electrons. The molecule has 0 bridgehead atoms. The van der Waals surface area contributed by atoms with E-state index in [0.717, 1.165) is 24.8 Å². The lowest BCUT2D eigenvalue weighted by Gasteiger charge is -2.09. The average Bonchev–Trinajstić information content (AvgIpc) is 2.42. The highest BCUT2D eigenvalue weighted by molar-refractivity contribution is 7.89. The van der Waals surface area contributed by atoms with Crippen molar-refractivity contribution in [3.05, 3.63) is 23.8 Å². The van der Waals surface area contributed by atoms with Gasteiger partial charge in [-0.05, 0) is 30.5 Å². The fourth-order valence-electron chi connectivity index (χ4n) is 1.74. The molecule has 0 saturated carbocycles. The smallest absolute Gasteiger partial charge is 0.240 e. The molecule has 0 aliphatic rings. The summed E-state index contributed by atoms with van der Waals surface area (Å²) in [4.78, 5) is 0.195. The van der Waals surface area contributed by atoms with Crippen LogP contribution in [0.5, 0.6) is 0 Å². The number of ether oxygens (including phenoxy) is 1. The minimum atomic E-state index is -3.51. The van der Waals surface area contributed by atoms with Gasteiger partial charge in [-0.15, -0.1) is 0 Å². The van der Waals surface area contributed by atoms with Crippen LogP contribution in [0.4, 0.5) is 5.69 Å². The van der Waals surface area contributed by atoms with Gasteiger partial charge in [0.1, 0.15) is 0 Å². The number of sulfonamides is 1. The zero-order valence-electron chi connectivity index (χ0n) is 12.2. The number of rotatable bonds is 9. The van der Waals surface area contributed by atoms with Gasteiger partial charge in [-0.25, -0.2) is 13.1 Å². The van der Waals surface area contributed by atoms with Crippen molar-refractivity contribution in [1.82, 2.24) is 4.72 Å². The van der Waals surface area contributed by atoms with E-state index >= 15 is 0 Å². The number of nitrogen functional groups attached to an aromatic ring is 1. The van der Waals surface area contributed by atoms with Crippen LogP contribution in [0.25, 0.3) is 0 Å². The molecule has 1 aromatic rings. The van der Waals surface area contributed by atoms with Crippen LogP contribution >= 0.6 is 0 Å². The van der Waals surface area contributed by atoms with Crippen molar-refractivity contribution in [1.29, 1.82) is 0 Å². The predicted octanol–water partition coefficient (Wildman–Crippen LogP) is 1.93. The number of hydrogen-bond donors (Lipinski definition) is 2. The second-order valence-electron chi connectivity index (χ2n) is 4.58. The summed E-state index contributed by atoms with van der Waals surface area (Å²) in [5, 5.41) is 0. The van der Waals surface area contributed by atoms with E-state index < -0.39 is 10.0 Å². The van der Waals surface area contributed by atoms with Crippen LogP contribution in [0.1, 0.15) is 32.3 Å². The van der Waals surface area contributed by atoms with Crippen molar-refractivity contribution in [2.45, 2.75) is 38.0 Å². The van der Waals surface area contributed by atoms with Crippen molar-refractivity contribution in [2.24, 2.45) is 0 Å². The summed E-state index contributed by atoms with van der Waals surface area (Å²) >= 11 is 0. The van der Waals surface area contributed by atoms with E-state index in [2.05, 4.69) is 11.6 Å². The standard InChI is InChI=1S/C14H24N2O3S/c1-3-5-9-19-10-8-16-20(17,18)13-7-6-12(4-2)14(15)11-13/h6-7,11,16H,3-5,8-10,15H2,1-2H3. The molecule has 1 rings (SSSR count). The van der Waals surface area contributed by atoms with Crippen LogP contribution in [0, 0.1) is 0 Å². The highest BCUT2D eigenvalue weighted by Gasteiger charge is 2.14. The summed E-state index contributed by atoms with van der Waals surface area (Å²) in [5.74, 6) is 0. The van der Waals surface area contributed by atoms with Gasteiger partial charge in [-0.3, -0.25) is 0 Å². The summed E-state index contributed by atoms with van der Waals surface area (Å²) in [6.07, 6.45) is 2.83. The quantitative estimate of drug-likeness (QED) is 0.539. The zero-order valence-corrected chi connectivity index (χ0v) is 13.0. The average molecular weight is 300 g/mol. The first-order valence-corrected chi connectivity index (χ1v) is 8.45. The third-order valence-electron chi connectivity index (χ3n) is 2.99. The second-order valence-corrected chi connectivity index (χ2v) is 6.34. The molecular weight excluding hydrogens is 276 g/mol. The van der Waals surface area contributed by atoms with E-state index in [1.807, 2.05) is 6.92 Å². The third-order valence-corrected chi connectivity index (χ3v) is 4.45. The molecule has 20 heavy (non-hydrogen) atoms. The van der Waals surface area contributed by atoms with Gasteiger partial charge in [0, 0.05) is 18.8 Å². The van der Waals surface area contributed by atoms with Gasteiger partial charge < -0.3 is 10.5 Å². The highest BCUT2D eigenvalue weighted by Crippen LogP contribution is 2.18. The summed E-state index contributed by atoms with van der Waals surface area (Å²) < 4.78 is 31.9. The predicted molar refractivity (Wildman–Crippen MR) is 81.1 cm³/mol. The molecule has 0 aromatic heterocycles. The molecule has 0 unspecified atom stereocenters. The Labute approximate surface area is 121 Å². The van der Waals surface area contributed by atoms with Crippen molar-refractivity contribution < 1.29 is 13.2 Å². The van der Waals surface area contributed by atoms with Crippen molar-refractivity contribution in [3.8, 4) is 0 Å². The Morgan fingerprint density at radius 1 is 1.25 bits per heavy atom. The second kappa shape index (κ2) is 8.24. The highest BCUT2D eigenvalue weighted by atomic mass is 32.2. The maximum atomic E-state index is 12.1. The SMILES string of the molecule is CCCCOCCNS(=O)(=O)c1ccc(CC)c(N)c1. The number of anilines is 1. The maximum Gasteiger partial charge on any atom is 0.240 e. The van der Waals surface area contributed by atoms with Crippen LogP contribution in [-0.4, -0.2) is 28.2 Å². The molecule has 0 fully saturated rings. The number of unbranched alkanes of at least 4 members (excludes halogenated alkanes) is 1. The van der Waals surface area contributed by atoms with Crippen molar-refractivity contribution in [2.75, 3.05) is 25.5 Å². The largest absolute Gasteiger partial charge is 0.398 e. The van der Waals surface area contributed by atoms with Gasteiger partial charge in [0.25, 0.3) is 0 Å². The first kappa shape index (κ1) is 16.9. The van der Waals surface area contributed by atoms with E-state index in [1.54, 1.807) is 12.1 Å². The molecule has 3 N–H and O–H groups in total. The number of hydrogen-bond acceptors (Lipinski definition) is 4. The van der Waals surface area contributed by atoms with Crippen LogP contribution in [0.3, 0.4) is 0 Å². The molecule has 1 aromatic carbocycles. The number of nitrogens with two attached hydrogens (primary N) is 1. The Hall–Kier alpha value is -1.11. The lowest BCUT2D eigenvalue weighted by molar-refractivity contribution is 0.136. The van der Waals surface area contributed by atoms with Gasteiger partial charge in [-0.1, -0.05) is 26.3 Å². The Morgan fingerprint density at radius 2 is 2.00 bits per heavy atom. The summed E-state index contributed by atoms with van der Waals surface area (Å²) in [7, 11) is -3.51. The van der Waals surface area contributed by atoms with Gasteiger partial charge in [0.05, 0.1) is 11.5 Å². The first-order valence-electron chi connectivity index (χ1n) is 6.97. The van der Waals surface area contributed by atoms with E-state index in [0.29, 0.717) is 18.9 Å². The summed E-state index contributed by atoms with van der Waals surface area (Å²) in [5.41, 5.74) is 7.28. The molecular formula is C14H24N2O3S. The molecule has 6 heteroatoms. The molecule has 0 saturated heterocycles. The molecule has 0 heterocycles. The Morgan fingerprint density at radius 3 is 2.60 bits per heavy atom. The number of benzene rings is 1. The van der Waals surface area contributed by atoms with Crippen molar-refractivity contribution >= 4 is 15.7 Å². The molecule has 0 aliphatic heterocycles. The monoisotopic (exact) mass is 300 g/mol. The topological polar surface area (TPSA) is 81.4 Å². The molecule has 0 spiro atoms. The maximum absolute atomic E-state index is 12.1. The molecule has 0 radical (unpaired) electrons. The van der Waals surface area contributed by atoms with Gasteiger partial charge in [0.2, 0.25) is 10.0 Å². The molecule has 5 nitrogen and oxygen atoms in total. The van der Waals surface area contributed by atoms with Gasteiger partial charge in [-0.2, -0.15) is 0 Å². The van der Waals surface area contributed by atoms with E-state index in [-0.39, 0.29) is 11.4 Å². The lowest BCUT2D eigenvalue weighted by Crippen LogP contribution is -2.27. The number of nitrogens with one attached hydrogen (secondary N) is 1. The Balaban J connectivity index is 2.54. The zero-order chi connectivity index (χ0) is 15.0. The van der Waals surface area contributed by atoms with E-state index in [4.69, 9.17) is 10.5 Å². The number of aryl methyl sites for hydroxylation is 1. The van der Waals surface area contributed by atoms with E-state index in [9.17, 15) is 8.42 Å². The minimum absolute atomic E-state index is 0.195. The molecule has 0 amide bonds. The molecule has 0 aliphatic carbocycles. The summed E-state index contributed by atoms with van der Waals surface area (Å²) in [6, 6.07) is 4.83. The normalized spacial score (nSPS) is 11.7. The van der Waals surface area contributed by atoms with Gasteiger partial charge in [0.15, 0.2) is 0 Å². The Bertz CT molecular complexity index is 515. The van der Waals surface area contributed by atoms with Crippen molar-refractivity contribution in [3.63, 3.8) is 0 Å². The fraction of sp³-hybridized carbons (Fsp3) is 0.571. The third kappa shape index (κ3) is 5.11.